The molecule has 1 saturated heterocycles. The highest BCUT2D eigenvalue weighted by molar-refractivity contribution is 7.80. The van der Waals surface area contributed by atoms with Crippen LogP contribution in [0.3, 0.4) is 0 Å². The zero-order chi connectivity index (χ0) is 14.9. The minimum atomic E-state index is -4.50. The van der Waals surface area contributed by atoms with E-state index in [0.717, 1.165) is 12.5 Å². The van der Waals surface area contributed by atoms with Gasteiger partial charge in [0.05, 0.1) is 5.56 Å². The van der Waals surface area contributed by atoms with Crippen LogP contribution in [0.1, 0.15) is 17.5 Å². The van der Waals surface area contributed by atoms with Gasteiger partial charge < -0.3 is 15.7 Å². The number of nitrogens with two attached hydrogens (primary N) is 1. The van der Waals surface area contributed by atoms with Gasteiger partial charge in [0.2, 0.25) is 0 Å². The van der Waals surface area contributed by atoms with Crippen LogP contribution in [-0.2, 0) is 6.18 Å². The van der Waals surface area contributed by atoms with E-state index >= 15 is 0 Å². The van der Waals surface area contributed by atoms with Gasteiger partial charge in [-0.15, -0.1) is 0 Å². The fraction of sp³-hybridized carbons (Fsp3) is 0.462. The summed E-state index contributed by atoms with van der Waals surface area (Å²) in [7, 11) is 0. The third kappa shape index (κ3) is 3.04. The SMILES string of the molecule is NC(=S)c1ccc(N2CCC(CO)C2)cc1C(F)(F)F. The summed E-state index contributed by atoms with van der Waals surface area (Å²) in [6.45, 7) is 1.24. The lowest BCUT2D eigenvalue weighted by molar-refractivity contribution is -0.137. The van der Waals surface area contributed by atoms with Crippen LogP contribution >= 0.6 is 12.2 Å². The summed E-state index contributed by atoms with van der Waals surface area (Å²) in [6, 6.07) is 3.98. The van der Waals surface area contributed by atoms with Gasteiger partial charge >= 0.3 is 6.18 Å². The third-order valence-electron chi connectivity index (χ3n) is 3.48. The highest BCUT2D eigenvalue weighted by atomic mass is 32.1. The van der Waals surface area contributed by atoms with Crippen molar-refractivity contribution in [3.8, 4) is 0 Å². The van der Waals surface area contributed by atoms with Crippen LogP contribution in [0, 0.1) is 5.92 Å². The Morgan fingerprint density at radius 3 is 2.65 bits per heavy atom. The van der Waals surface area contributed by atoms with E-state index in [9.17, 15) is 13.2 Å². The van der Waals surface area contributed by atoms with Crippen LogP contribution in [0.25, 0.3) is 0 Å². The first-order valence-electron chi connectivity index (χ1n) is 6.19. The molecule has 0 saturated carbocycles. The number of anilines is 1. The lowest BCUT2D eigenvalue weighted by Crippen LogP contribution is -2.23. The van der Waals surface area contributed by atoms with E-state index in [1.165, 1.54) is 6.07 Å². The first kappa shape index (κ1) is 15.1. The van der Waals surface area contributed by atoms with Gasteiger partial charge in [0.15, 0.2) is 0 Å². The summed E-state index contributed by atoms with van der Waals surface area (Å²) in [5.74, 6) is 0.111. The van der Waals surface area contributed by atoms with Crippen LogP contribution in [0.5, 0.6) is 0 Å². The zero-order valence-corrected chi connectivity index (χ0v) is 11.5. The van der Waals surface area contributed by atoms with Crippen molar-refractivity contribution in [2.45, 2.75) is 12.6 Å². The monoisotopic (exact) mass is 304 g/mol. The molecule has 0 aliphatic carbocycles. The van der Waals surface area contributed by atoms with Crippen LogP contribution < -0.4 is 10.6 Å². The van der Waals surface area contributed by atoms with Gasteiger partial charge in [0.25, 0.3) is 0 Å². The number of aliphatic hydroxyl groups is 1. The molecule has 0 aromatic heterocycles. The molecule has 1 aliphatic heterocycles. The molecule has 0 radical (unpaired) electrons. The number of rotatable bonds is 3. The van der Waals surface area contributed by atoms with Crippen molar-refractivity contribution in [2.75, 3.05) is 24.6 Å². The first-order chi connectivity index (χ1) is 9.32. The number of hydrogen-bond acceptors (Lipinski definition) is 3. The van der Waals surface area contributed by atoms with Crippen molar-refractivity contribution in [3.63, 3.8) is 0 Å². The quantitative estimate of drug-likeness (QED) is 0.840. The molecular weight excluding hydrogens is 289 g/mol. The molecule has 0 bridgehead atoms. The van der Waals surface area contributed by atoms with Crippen molar-refractivity contribution >= 4 is 22.9 Å². The van der Waals surface area contributed by atoms with Gasteiger partial charge in [-0.2, -0.15) is 13.2 Å². The van der Waals surface area contributed by atoms with E-state index in [1.807, 2.05) is 4.90 Å². The Morgan fingerprint density at radius 1 is 1.45 bits per heavy atom. The molecule has 2 rings (SSSR count). The topological polar surface area (TPSA) is 49.5 Å². The number of nitrogens with zero attached hydrogens (tertiary/aromatic N) is 1. The van der Waals surface area contributed by atoms with E-state index in [-0.39, 0.29) is 23.1 Å². The fourth-order valence-electron chi connectivity index (χ4n) is 2.39. The van der Waals surface area contributed by atoms with Crippen LogP contribution in [0.15, 0.2) is 18.2 Å². The molecule has 1 fully saturated rings. The molecule has 1 aromatic rings. The normalized spacial score (nSPS) is 19.4. The van der Waals surface area contributed by atoms with E-state index in [1.54, 1.807) is 6.07 Å². The standard InChI is InChI=1S/C13H15F3N2OS/c14-13(15,16)11-5-9(1-2-10(11)12(17)20)18-4-3-8(6-18)7-19/h1-2,5,8,19H,3-4,6-7H2,(H2,17,20). The number of hydrogen-bond donors (Lipinski definition) is 2. The molecule has 20 heavy (non-hydrogen) atoms. The van der Waals surface area contributed by atoms with Crippen molar-refractivity contribution in [2.24, 2.45) is 11.7 Å². The predicted octanol–water partition coefficient (Wildman–Crippen LogP) is 2.16. The van der Waals surface area contributed by atoms with E-state index in [0.29, 0.717) is 18.8 Å². The third-order valence-corrected chi connectivity index (χ3v) is 3.70. The summed E-state index contributed by atoms with van der Waals surface area (Å²) in [4.78, 5) is 1.57. The van der Waals surface area contributed by atoms with Crippen LogP contribution in [0.2, 0.25) is 0 Å². The summed E-state index contributed by atoms with van der Waals surface area (Å²) >= 11 is 4.67. The molecule has 1 heterocycles. The molecule has 0 spiro atoms. The Bertz CT molecular complexity index is 519. The van der Waals surface area contributed by atoms with Gasteiger partial charge in [-0.05, 0) is 24.6 Å². The molecule has 7 heteroatoms. The largest absolute Gasteiger partial charge is 0.417 e. The van der Waals surface area contributed by atoms with Crippen molar-refractivity contribution in [1.29, 1.82) is 0 Å². The number of alkyl halides is 3. The molecule has 110 valence electrons. The fourth-order valence-corrected chi connectivity index (χ4v) is 2.57. The number of thiocarbonyl (C=S) groups is 1. The van der Waals surface area contributed by atoms with Gasteiger partial charge in [0, 0.05) is 36.9 Å². The summed E-state index contributed by atoms with van der Waals surface area (Å²) < 4.78 is 39.1. The smallest absolute Gasteiger partial charge is 0.396 e. The summed E-state index contributed by atoms with van der Waals surface area (Å²) in [5, 5.41) is 9.09. The van der Waals surface area contributed by atoms with Gasteiger partial charge in [-0.3, -0.25) is 0 Å². The number of halogens is 3. The maximum Gasteiger partial charge on any atom is 0.417 e. The van der Waals surface area contributed by atoms with E-state index < -0.39 is 11.7 Å². The Balaban J connectivity index is 2.35. The highest BCUT2D eigenvalue weighted by Crippen LogP contribution is 2.35. The van der Waals surface area contributed by atoms with Gasteiger partial charge in [0.1, 0.15) is 4.99 Å². The Morgan fingerprint density at radius 2 is 2.15 bits per heavy atom. The Labute approximate surface area is 120 Å². The van der Waals surface area contributed by atoms with Crippen molar-refractivity contribution < 1.29 is 18.3 Å². The molecule has 1 aromatic carbocycles. The van der Waals surface area contributed by atoms with Crippen molar-refractivity contribution in [3.05, 3.63) is 29.3 Å². The lowest BCUT2D eigenvalue weighted by atomic mass is 10.1. The molecule has 0 amide bonds. The summed E-state index contributed by atoms with van der Waals surface area (Å²) in [6.07, 6.45) is -3.72. The second-order valence-corrected chi connectivity index (χ2v) is 5.32. The number of benzene rings is 1. The minimum Gasteiger partial charge on any atom is -0.396 e. The van der Waals surface area contributed by atoms with Gasteiger partial charge in [-0.25, -0.2) is 0 Å². The second kappa shape index (κ2) is 5.57. The molecular formula is C13H15F3N2OS. The average molecular weight is 304 g/mol. The molecule has 1 unspecified atom stereocenters. The number of aliphatic hydroxyl groups excluding tert-OH is 1. The lowest BCUT2D eigenvalue weighted by Gasteiger charge is -2.21. The van der Waals surface area contributed by atoms with Gasteiger partial charge in [-0.1, -0.05) is 12.2 Å². The molecule has 3 nitrogen and oxygen atoms in total. The Hall–Kier alpha value is -1.34. The first-order valence-corrected chi connectivity index (χ1v) is 6.60. The maximum absolute atomic E-state index is 13.0. The average Bonchev–Trinajstić information content (AvgIpc) is 2.85. The molecule has 3 N–H and O–H groups in total. The van der Waals surface area contributed by atoms with E-state index in [2.05, 4.69) is 12.2 Å². The highest BCUT2D eigenvalue weighted by Gasteiger charge is 2.35. The van der Waals surface area contributed by atoms with E-state index in [4.69, 9.17) is 10.8 Å². The van der Waals surface area contributed by atoms with Crippen molar-refractivity contribution in [1.82, 2.24) is 0 Å². The Kier molecular flexibility index (Phi) is 4.19. The summed E-state index contributed by atoms with van der Waals surface area (Å²) in [5.41, 5.74) is 4.85. The zero-order valence-electron chi connectivity index (χ0n) is 10.7. The molecule has 1 aliphatic rings. The maximum atomic E-state index is 13.0. The minimum absolute atomic E-state index is 0.0492. The second-order valence-electron chi connectivity index (χ2n) is 4.88. The van der Waals surface area contributed by atoms with Crippen LogP contribution in [-0.4, -0.2) is 29.8 Å². The predicted molar refractivity (Wildman–Crippen MR) is 74.7 cm³/mol. The van der Waals surface area contributed by atoms with Crippen LogP contribution in [0.4, 0.5) is 18.9 Å². The molecule has 1 atom stereocenters.